The van der Waals surface area contributed by atoms with Crippen LogP contribution in [0, 0.1) is 0 Å². The largest absolute Gasteiger partial charge is 0.416 e. The van der Waals surface area contributed by atoms with E-state index in [9.17, 15) is 13.2 Å². The Morgan fingerprint density at radius 3 is 1.77 bits per heavy atom. The summed E-state index contributed by atoms with van der Waals surface area (Å²) < 4.78 is 43.7. The Hall–Kier alpha value is -6.15. The number of nitrogens with zero attached hydrogens (tertiary/aromatic N) is 5. The Morgan fingerprint density at radius 2 is 1.11 bits per heavy atom. The van der Waals surface area contributed by atoms with E-state index in [2.05, 4.69) is 4.98 Å². The van der Waals surface area contributed by atoms with Gasteiger partial charge in [0.2, 0.25) is 0 Å². The molecule has 8 heteroatoms. The van der Waals surface area contributed by atoms with Crippen LogP contribution in [-0.2, 0) is 6.18 Å². The maximum atomic E-state index is 13.9. The van der Waals surface area contributed by atoms with Gasteiger partial charge < -0.3 is 4.57 Å². The summed E-state index contributed by atoms with van der Waals surface area (Å²) in [7, 11) is 0. The molecule has 0 bridgehead atoms. The number of rotatable bonds is 5. The summed E-state index contributed by atoms with van der Waals surface area (Å²) in [5.41, 5.74) is 5.53. The molecule has 0 aliphatic heterocycles. The Labute approximate surface area is 267 Å². The number of alkyl halides is 3. The summed E-state index contributed by atoms with van der Waals surface area (Å²) in [5.74, 6) is 1.45. The normalized spacial score (nSPS) is 11.7. The molecular formula is C39H24F3N5. The zero-order chi connectivity index (χ0) is 32.0. The van der Waals surface area contributed by atoms with Gasteiger partial charge in [-0.25, -0.2) is 15.0 Å². The van der Waals surface area contributed by atoms with Crippen LogP contribution in [0.15, 0.2) is 146 Å². The number of hydrogen-bond donors (Lipinski definition) is 0. The van der Waals surface area contributed by atoms with Crippen LogP contribution in [0.5, 0.6) is 0 Å². The van der Waals surface area contributed by atoms with Gasteiger partial charge in [0.05, 0.1) is 22.3 Å². The molecule has 0 saturated carbocycles. The third kappa shape index (κ3) is 5.19. The van der Waals surface area contributed by atoms with E-state index in [0.29, 0.717) is 45.0 Å². The second kappa shape index (κ2) is 11.3. The number of benzene rings is 5. The van der Waals surface area contributed by atoms with E-state index in [4.69, 9.17) is 15.0 Å². The maximum absolute atomic E-state index is 13.9. The van der Waals surface area contributed by atoms with Gasteiger partial charge in [-0.3, -0.25) is 4.98 Å². The molecule has 3 aromatic heterocycles. The van der Waals surface area contributed by atoms with Crippen LogP contribution in [0.25, 0.3) is 72.8 Å². The van der Waals surface area contributed by atoms with Gasteiger partial charge in [0.15, 0.2) is 17.5 Å². The Bertz CT molecular complexity index is 2330. The summed E-state index contributed by atoms with van der Waals surface area (Å²) in [5, 5.41) is 1.20. The summed E-state index contributed by atoms with van der Waals surface area (Å²) in [6.07, 6.45) is -0.982. The van der Waals surface area contributed by atoms with Crippen molar-refractivity contribution in [1.29, 1.82) is 0 Å². The molecule has 226 valence electrons. The lowest BCUT2D eigenvalue weighted by Crippen LogP contribution is -2.05. The first-order valence-corrected chi connectivity index (χ1v) is 15.0. The highest BCUT2D eigenvalue weighted by atomic mass is 19.4. The minimum Gasteiger partial charge on any atom is -0.308 e. The molecule has 0 fully saturated rings. The molecule has 0 aliphatic carbocycles. The highest BCUT2D eigenvalue weighted by Crippen LogP contribution is 2.40. The topological polar surface area (TPSA) is 56.5 Å². The third-order valence-corrected chi connectivity index (χ3v) is 8.17. The van der Waals surface area contributed by atoms with Gasteiger partial charge in [-0.15, -0.1) is 0 Å². The van der Waals surface area contributed by atoms with Crippen molar-refractivity contribution in [2.75, 3.05) is 0 Å². The van der Waals surface area contributed by atoms with Crippen LogP contribution in [0.4, 0.5) is 13.2 Å². The van der Waals surface area contributed by atoms with Crippen LogP contribution >= 0.6 is 0 Å². The molecule has 0 unspecified atom stereocenters. The van der Waals surface area contributed by atoms with Gasteiger partial charge in [-0.05, 0) is 48.0 Å². The van der Waals surface area contributed by atoms with Crippen molar-refractivity contribution in [3.63, 3.8) is 0 Å². The van der Waals surface area contributed by atoms with Gasteiger partial charge in [0, 0.05) is 45.4 Å². The van der Waals surface area contributed by atoms with Crippen molar-refractivity contribution in [1.82, 2.24) is 24.5 Å². The third-order valence-electron chi connectivity index (χ3n) is 8.17. The SMILES string of the molecule is FC(F)(F)c1ccc2c(c1)c1ccccc1n2-c1cc(-c2cccnc2)ccc1-c1nc(-c2ccccc2)nc(-c2ccccc2)n1. The highest BCUT2D eigenvalue weighted by molar-refractivity contribution is 6.10. The van der Waals surface area contributed by atoms with Crippen molar-refractivity contribution in [3.05, 3.63) is 151 Å². The molecule has 5 aromatic carbocycles. The van der Waals surface area contributed by atoms with Crippen LogP contribution in [0.3, 0.4) is 0 Å². The van der Waals surface area contributed by atoms with Gasteiger partial charge in [0.1, 0.15) is 0 Å². The molecule has 0 saturated heterocycles. The zero-order valence-electron chi connectivity index (χ0n) is 24.7. The van der Waals surface area contributed by atoms with Crippen LogP contribution in [0.1, 0.15) is 5.56 Å². The molecule has 0 N–H and O–H groups in total. The van der Waals surface area contributed by atoms with Gasteiger partial charge >= 0.3 is 6.18 Å². The summed E-state index contributed by atoms with van der Waals surface area (Å²) in [6.45, 7) is 0. The van der Waals surface area contributed by atoms with E-state index in [1.807, 2.05) is 120 Å². The first-order valence-electron chi connectivity index (χ1n) is 15.0. The molecule has 0 radical (unpaired) electrons. The van der Waals surface area contributed by atoms with E-state index in [1.54, 1.807) is 12.4 Å². The molecule has 0 spiro atoms. The lowest BCUT2D eigenvalue weighted by atomic mass is 10.0. The van der Waals surface area contributed by atoms with Crippen molar-refractivity contribution in [3.8, 4) is 51.0 Å². The smallest absolute Gasteiger partial charge is 0.308 e. The fraction of sp³-hybridized carbons (Fsp3) is 0.0256. The monoisotopic (exact) mass is 619 g/mol. The highest BCUT2D eigenvalue weighted by Gasteiger charge is 2.31. The predicted molar refractivity (Wildman–Crippen MR) is 179 cm³/mol. The summed E-state index contributed by atoms with van der Waals surface area (Å²) >= 11 is 0. The quantitative estimate of drug-likeness (QED) is 0.192. The fourth-order valence-electron chi connectivity index (χ4n) is 5.96. The second-order valence-electron chi connectivity index (χ2n) is 11.1. The first-order chi connectivity index (χ1) is 22.9. The standard InChI is InChI=1S/C39H24F3N5/c40-39(41,42)29-18-20-34-32(23-29)30-15-7-8-16-33(30)47(34)35-22-27(28-14-9-21-43-24-28)17-19-31(35)38-45-36(25-10-3-1-4-11-25)44-37(46-38)26-12-5-2-6-13-26/h1-24H. The van der Waals surface area contributed by atoms with Crippen LogP contribution < -0.4 is 0 Å². The Balaban J connectivity index is 1.45. The van der Waals surface area contributed by atoms with E-state index in [1.165, 1.54) is 12.1 Å². The average molecular weight is 620 g/mol. The molecule has 0 aliphatic rings. The van der Waals surface area contributed by atoms with Crippen molar-refractivity contribution in [2.24, 2.45) is 0 Å². The summed E-state index contributed by atoms with van der Waals surface area (Å²) in [6, 6.07) is 40.6. The second-order valence-corrected chi connectivity index (χ2v) is 11.1. The Morgan fingerprint density at radius 1 is 0.489 bits per heavy atom. The molecule has 8 rings (SSSR count). The Kier molecular flexibility index (Phi) is 6.83. The van der Waals surface area contributed by atoms with Gasteiger partial charge in [-0.2, -0.15) is 13.2 Å². The number of halogens is 3. The molecule has 0 atom stereocenters. The number of para-hydroxylation sites is 1. The van der Waals surface area contributed by atoms with Gasteiger partial charge in [0.25, 0.3) is 0 Å². The van der Waals surface area contributed by atoms with E-state index < -0.39 is 11.7 Å². The van der Waals surface area contributed by atoms with E-state index >= 15 is 0 Å². The molecule has 5 nitrogen and oxygen atoms in total. The zero-order valence-corrected chi connectivity index (χ0v) is 24.7. The maximum Gasteiger partial charge on any atom is 0.416 e. The minimum absolute atomic E-state index is 0.434. The minimum atomic E-state index is -4.48. The molecule has 3 heterocycles. The number of pyridine rings is 1. The van der Waals surface area contributed by atoms with Crippen LogP contribution in [-0.4, -0.2) is 24.5 Å². The van der Waals surface area contributed by atoms with Crippen molar-refractivity contribution in [2.45, 2.75) is 6.18 Å². The lowest BCUT2D eigenvalue weighted by molar-refractivity contribution is -0.137. The van der Waals surface area contributed by atoms with E-state index in [-0.39, 0.29) is 0 Å². The molecular weight excluding hydrogens is 595 g/mol. The van der Waals surface area contributed by atoms with Gasteiger partial charge in [-0.1, -0.05) is 91.0 Å². The van der Waals surface area contributed by atoms with Crippen LogP contribution in [0.2, 0.25) is 0 Å². The molecule has 0 amide bonds. The average Bonchev–Trinajstić information content (AvgIpc) is 3.45. The first kappa shape index (κ1) is 28.3. The van der Waals surface area contributed by atoms with Crippen molar-refractivity contribution >= 4 is 21.8 Å². The summed E-state index contributed by atoms with van der Waals surface area (Å²) in [4.78, 5) is 19.1. The number of fused-ring (bicyclic) bond motifs is 3. The van der Waals surface area contributed by atoms with Crippen molar-refractivity contribution < 1.29 is 13.2 Å². The van der Waals surface area contributed by atoms with E-state index in [0.717, 1.165) is 33.8 Å². The predicted octanol–water partition coefficient (Wildman–Crippen LogP) is 10.1. The fourth-order valence-corrected chi connectivity index (χ4v) is 5.96. The molecule has 8 aromatic rings. The lowest BCUT2D eigenvalue weighted by Gasteiger charge is -2.16. The molecule has 47 heavy (non-hydrogen) atoms. The number of hydrogen-bond acceptors (Lipinski definition) is 4. The number of aromatic nitrogens is 5.